The quantitative estimate of drug-likeness (QED) is 0.723. The Kier molecular flexibility index (Phi) is 6.12. The van der Waals surface area contributed by atoms with Crippen molar-refractivity contribution in [3.05, 3.63) is 46.5 Å². The first-order valence-electron chi connectivity index (χ1n) is 7.82. The maximum atomic E-state index is 11.7. The average molecular weight is 376 g/mol. The van der Waals surface area contributed by atoms with Crippen LogP contribution in [0.2, 0.25) is 0 Å². The molecule has 2 N–H and O–H groups in total. The van der Waals surface area contributed by atoms with Crippen molar-refractivity contribution in [2.24, 2.45) is 0 Å². The smallest absolute Gasteiger partial charge is 0.336 e. The molecular formula is C19H20O8. The van der Waals surface area contributed by atoms with Crippen LogP contribution < -0.4 is 18.9 Å². The highest BCUT2D eigenvalue weighted by Gasteiger charge is 2.21. The maximum Gasteiger partial charge on any atom is 0.336 e. The maximum absolute atomic E-state index is 11.7. The summed E-state index contributed by atoms with van der Waals surface area (Å²) in [6.07, 6.45) is 0.0317. The van der Waals surface area contributed by atoms with E-state index in [0.717, 1.165) is 0 Å². The molecule has 0 saturated heterocycles. The van der Waals surface area contributed by atoms with Crippen molar-refractivity contribution in [3.8, 4) is 23.0 Å². The zero-order chi connectivity index (χ0) is 20.1. The van der Waals surface area contributed by atoms with Crippen molar-refractivity contribution in [1.29, 1.82) is 0 Å². The molecule has 0 unspecified atom stereocenters. The van der Waals surface area contributed by atoms with Gasteiger partial charge in [-0.3, -0.25) is 0 Å². The van der Waals surface area contributed by atoms with E-state index >= 15 is 0 Å². The second-order valence-electron chi connectivity index (χ2n) is 5.52. The third-order valence-corrected chi connectivity index (χ3v) is 4.06. The van der Waals surface area contributed by atoms with Crippen molar-refractivity contribution in [2.75, 3.05) is 28.4 Å². The third kappa shape index (κ3) is 4.05. The average Bonchev–Trinajstić information content (AvgIpc) is 2.66. The topological polar surface area (TPSA) is 112 Å². The number of benzene rings is 2. The number of rotatable bonds is 8. The number of carboxylic acids is 2. The van der Waals surface area contributed by atoms with E-state index in [9.17, 15) is 19.8 Å². The zero-order valence-electron chi connectivity index (χ0n) is 15.4. The van der Waals surface area contributed by atoms with Gasteiger partial charge in [0.05, 0.1) is 39.6 Å². The van der Waals surface area contributed by atoms with Gasteiger partial charge in [-0.15, -0.1) is 0 Å². The summed E-state index contributed by atoms with van der Waals surface area (Å²) >= 11 is 0. The van der Waals surface area contributed by atoms with E-state index in [1.54, 1.807) is 0 Å². The van der Waals surface area contributed by atoms with Gasteiger partial charge in [-0.2, -0.15) is 0 Å². The number of hydrogen-bond donors (Lipinski definition) is 2. The van der Waals surface area contributed by atoms with Gasteiger partial charge >= 0.3 is 11.9 Å². The van der Waals surface area contributed by atoms with Gasteiger partial charge in [-0.1, -0.05) is 0 Å². The van der Waals surface area contributed by atoms with Crippen LogP contribution in [0.4, 0.5) is 0 Å². The van der Waals surface area contributed by atoms with E-state index in [1.807, 2.05) is 0 Å². The number of aromatic carboxylic acids is 2. The van der Waals surface area contributed by atoms with E-state index in [-0.39, 0.29) is 29.0 Å². The minimum absolute atomic E-state index is 0.0150. The minimum Gasteiger partial charge on any atom is -0.493 e. The van der Waals surface area contributed by atoms with E-state index < -0.39 is 11.9 Å². The van der Waals surface area contributed by atoms with E-state index in [4.69, 9.17) is 18.9 Å². The van der Waals surface area contributed by atoms with Gasteiger partial charge in [0.1, 0.15) is 0 Å². The van der Waals surface area contributed by atoms with Gasteiger partial charge in [-0.05, 0) is 41.8 Å². The lowest BCUT2D eigenvalue weighted by Crippen LogP contribution is -2.09. The van der Waals surface area contributed by atoms with Crippen LogP contribution in [0, 0.1) is 0 Å². The summed E-state index contributed by atoms with van der Waals surface area (Å²) in [6.45, 7) is 0. The van der Waals surface area contributed by atoms with Crippen LogP contribution >= 0.6 is 0 Å². The third-order valence-electron chi connectivity index (χ3n) is 4.06. The van der Waals surface area contributed by atoms with Gasteiger partial charge in [0.2, 0.25) is 0 Å². The van der Waals surface area contributed by atoms with E-state index in [0.29, 0.717) is 22.6 Å². The lowest BCUT2D eigenvalue weighted by Gasteiger charge is -2.16. The SMILES string of the molecule is COc1cc(Cc2cc(OC)c(OC)cc2C(=O)O)c(C(=O)O)cc1OC. The fourth-order valence-corrected chi connectivity index (χ4v) is 2.74. The standard InChI is InChI=1S/C19H20O8/c1-24-14-6-10(12(18(20)21)8-16(14)26-3)5-11-7-15(25-2)17(27-4)9-13(11)19(22)23/h6-9H,5H2,1-4H3,(H,20,21)(H,22,23). The predicted octanol–water partition coefficient (Wildman–Crippen LogP) is 2.71. The predicted molar refractivity (Wildman–Crippen MR) is 95.8 cm³/mol. The van der Waals surface area contributed by atoms with Gasteiger partial charge in [0, 0.05) is 0 Å². The van der Waals surface area contributed by atoms with E-state index in [1.165, 1.54) is 52.7 Å². The molecule has 0 heterocycles. The first-order valence-corrected chi connectivity index (χ1v) is 7.82. The summed E-state index contributed by atoms with van der Waals surface area (Å²) in [5.41, 5.74) is 0.710. The van der Waals surface area contributed by atoms with Crippen molar-refractivity contribution in [1.82, 2.24) is 0 Å². The highest BCUT2D eigenvalue weighted by atomic mass is 16.5. The molecule has 2 rings (SSSR count). The molecule has 2 aromatic carbocycles. The normalized spacial score (nSPS) is 10.2. The van der Waals surface area contributed by atoms with Crippen molar-refractivity contribution < 1.29 is 38.7 Å². The van der Waals surface area contributed by atoms with Crippen molar-refractivity contribution >= 4 is 11.9 Å². The highest BCUT2D eigenvalue weighted by Crippen LogP contribution is 2.35. The van der Waals surface area contributed by atoms with Crippen LogP contribution in [0.5, 0.6) is 23.0 Å². The summed E-state index contributed by atoms with van der Waals surface area (Å²) in [5.74, 6) is -1.11. The molecule has 8 heteroatoms. The molecule has 0 aliphatic carbocycles. The highest BCUT2D eigenvalue weighted by molar-refractivity contribution is 5.92. The molecule has 0 bridgehead atoms. The molecule has 2 aromatic rings. The zero-order valence-corrected chi connectivity index (χ0v) is 15.4. The van der Waals surface area contributed by atoms with Crippen LogP contribution in [0.15, 0.2) is 24.3 Å². The molecule has 0 spiro atoms. The Hall–Kier alpha value is -3.42. The van der Waals surface area contributed by atoms with Crippen molar-refractivity contribution in [2.45, 2.75) is 6.42 Å². The monoisotopic (exact) mass is 376 g/mol. The number of carboxylic acid groups (broad SMARTS) is 2. The molecule has 0 aromatic heterocycles. The summed E-state index contributed by atoms with van der Waals surface area (Å²) in [5, 5.41) is 19.1. The summed E-state index contributed by atoms with van der Waals surface area (Å²) < 4.78 is 20.7. The molecule has 0 fully saturated rings. The second-order valence-corrected chi connectivity index (χ2v) is 5.52. The largest absolute Gasteiger partial charge is 0.493 e. The molecule has 27 heavy (non-hydrogen) atoms. The Morgan fingerprint density at radius 2 is 0.963 bits per heavy atom. The molecule has 0 saturated carbocycles. The molecule has 8 nitrogen and oxygen atoms in total. The Morgan fingerprint density at radius 1 is 0.667 bits per heavy atom. The van der Waals surface area contributed by atoms with E-state index in [2.05, 4.69) is 0 Å². The van der Waals surface area contributed by atoms with Crippen LogP contribution in [-0.4, -0.2) is 50.6 Å². The number of carbonyl (C=O) groups is 2. The van der Waals surface area contributed by atoms with Gasteiger partial charge < -0.3 is 29.2 Å². The Bertz CT molecular complexity index is 801. The first-order chi connectivity index (χ1) is 12.9. The lowest BCUT2D eigenvalue weighted by atomic mass is 9.95. The Labute approximate surface area is 155 Å². The van der Waals surface area contributed by atoms with Crippen LogP contribution in [0.25, 0.3) is 0 Å². The number of methoxy groups -OCH3 is 4. The fourth-order valence-electron chi connectivity index (χ4n) is 2.74. The lowest BCUT2D eigenvalue weighted by molar-refractivity contribution is 0.0686. The Balaban J connectivity index is 2.65. The van der Waals surface area contributed by atoms with Crippen LogP contribution in [0.1, 0.15) is 31.8 Å². The van der Waals surface area contributed by atoms with Gasteiger partial charge in [0.25, 0.3) is 0 Å². The molecular weight excluding hydrogens is 356 g/mol. The fraction of sp³-hybridized carbons (Fsp3) is 0.263. The second kappa shape index (κ2) is 8.31. The van der Waals surface area contributed by atoms with Gasteiger partial charge in [-0.25, -0.2) is 9.59 Å². The molecule has 0 radical (unpaired) electrons. The first kappa shape index (κ1) is 19.9. The Morgan fingerprint density at radius 3 is 1.22 bits per heavy atom. The molecule has 0 amide bonds. The van der Waals surface area contributed by atoms with Crippen LogP contribution in [-0.2, 0) is 6.42 Å². The molecule has 144 valence electrons. The summed E-state index contributed by atoms with van der Waals surface area (Å²) in [7, 11) is 5.67. The van der Waals surface area contributed by atoms with Crippen molar-refractivity contribution in [3.63, 3.8) is 0 Å². The summed E-state index contributed by atoms with van der Waals surface area (Å²) in [6, 6.07) is 5.73. The molecule has 0 atom stereocenters. The summed E-state index contributed by atoms with van der Waals surface area (Å²) in [4.78, 5) is 23.3. The number of hydrogen-bond acceptors (Lipinski definition) is 6. The van der Waals surface area contributed by atoms with Gasteiger partial charge in [0.15, 0.2) is 23.0 Å². The minimum atomic E-state index is -1.16. The van der Waals surface area contributed by atoms with Crippen LogP contribution in [0.3, 0.4) is 0 Å². The molecule has 0 aliphatic heterocycles. The number of ether oxygens (including phenoxy) is 4. The molecule has 0 aliphatic rings.